The second-order valence-corrected chi connectivity index (χ2v) is 18.1. The van der Waals surface area contributed by atoms with Crippen molar-refractivity contribution in [3.8, 4) is 22.3 Å². The molecule has 3 unspecified atom stereocenters. The van der Waals surface area contributed by atoms with Gasteiger partial charge in [-0.05, 0) is 122 Å². The Kier molecular flexibility index (Phi) is 9.63. The SMILES string of the molecule is C/C=C\C(C)(CCC)n1c2c(c3cc(-c4cc5c6c(oc5c5c4Cc4ccccc4N5c4cc(-c5ccccc5)cc(C5C=CC=CC5C)n4)CCC=C6)ccc31)C=CCCC2. The van der Waals surface area contributed by atoms with Crippen molar-refractivity contribution in [2.24, 2.45) is 5.92 Å². The molecule has 3 aromatic heterocycles. The van der Waals surface area contributed by atoms with Gasteiger partial charge in [-0.15, -0.1) is 0 Å². The van der Waals surface area contributed by atoms with Crippen LogP contribution in [0, 0.1) is 5.92 Å². The van der Waals surface area contributed by atoms with E-state index in [1.54, 1.807) is 0 Å². The van der Waals surface area contributed by atoms with Gasteiger partial charge in [0.25, 0.3) is 0 Å². The number of fused-ring (bicyclic) bond motifs is 9. The minimum absolute atomic E-state index is 0.110. The quantitative estimate of drug-likeness (QED) is 0.143. The first-order chi connectivity index (χ1) is 30.4. The largest absolute Gasteiger partial charge is 0.458 e. The van der Waals surface area contributed by atoms with Crippen molar-refractivity contribution < 1.29 is 4.42 Å². The summed E-state index contributed by atoms with van der Waals surface area (Å²) in [6.07, 6.45) is 31.3. The van der Waals surface area contributed by atoms with Crippen molar-refractivity contribution in [2.75, 3.05) is 4.90 Å². The molecule has 0 N–H and O–H groups in total. The molecule has 7 aromatic rings. The normalized spacial score (nSPS) is 18.8. The maximum atomic E-state index is 7.11. The van der Waals surface area contributed by atoms with E-state index in [-0.39, 0.29) is 11.5 Å². The molecule has 62 heavy (non-hydrogen) atoms. The van der Waals surface area contributed by atoms with Gasteiger partial charge in [-0.1, -0.05) is 136 Å². The lowest BCUT2D eigenvalue weighted by Crippen LogP contribution is -2.29. The second-order valence-electron chi connectivity index (χ2n) is 18.1. The van der Waals surface area contributed by atoms with Crippen molar-refractivity contribution in [1.29, 1.82) is 0 Å². The molecule has 4 heteroatoms. The number of hydrogen-bond acceptors (Lipinski definition) is 3. The fourth-order valence-corrected chi connectivity index (χ4v) is 11.2. The van der Waals surface area contributed by atoms with E-state index in [0.717, 1.165) is 91.2 Å². The predicted molar refractivity (Wildman–Crippen MR) is 261 cm³/mol. The molecule has 0 bridgehead atoms. The van der Waals surface area contributed by atoms with Crippen molar-refractivity contribution >= 4 is 51.2 Å². The van der Waals surface area contributed by atoms with Gasteiger partial charge >= 0.3 is 0 Å². The number of benzene rings is 4. The van der Waals surface area contributed by atoms with Gasteiger partial charge < -0.3 is 8.98 Å². The monoisotopic (exact) mass is 809 g/mol. The van der Waals surface area contributed by atoms with E-state index < -0.39 is 0 Å². The fourth-order valence-electron chi connectivity index (χ4n) is 11.2. The summed E-state index contributed by atoms with van der Waals surface area (Å²) in [5.74, 6) is 2.46. The molecule has 11 rings (SSSR count). The molecule has 308 valence electrons. The van der Waals surface area contributed by atoms with E-state index in [4.69, 9.17) is 9.40 Å². The summed E-state index contributed by atoms with van der Waals surface area (Å²) in [6, 6.07) is 34.1. The highest BCUT2D eigenvalue weighted by atomic mass is 16.3. The molecule has 0 saturated heterocycles. The predicted octanol–water partition coefficient (Wildman–Crippen LogP) is 15.7. The maximum absolute atomic E-state index is 7.11. The Labute approximate surface area is 366 Å². The Balaban J connectivity index is 1.20. The van der Waals surface area contributed by atoms with Crippen LogP contribution in [0.1, 0.15) is 105 Å². The zero-order chi connectivity index (χ0) is 42.0. The number of para-hydroxylation sites is 1. The van der Waals surface area contributed by atoms with Crippen molar-refractivity contribution in [3.63, 3.8) is 0 Å². The number of pyridine rings is 1. The summed E-state index contributed by atoms with van der Waals surface area (Å²) in [5.41, 5.74) is 16.9. The number of hydrogen-bond donors (Lipinski definition) is 0. The van der Waals surface area contributed by atoms with E-state index in [0.29, 0.717) is 5.92 Å². The molecule has 3 atom stereocenters. The summed E-state index contributed by atoms with van der Waals surface area (Å²) in [7, 11) is 0. The molecule has 0 saturated carbocycles. The number of allylic oxidation sites excluding steroid dienone is 8. The van der Waals surface area contributed by atoms with Crippen molar-refractivity contribution in [3.05, 3.63) is 179 Å². The summed E-state index contributed by atoms with van der Waals surface area (Å²) in [5, 5.41) is 2.51. The van der Waals surface area contributed by atoms with Gasteiger partial charge in [-0.25, -0.2) is 4.98 Å². The van der Waals surface area contributed by atoms with Gasteiger partial charge in [0.05, 0.1) is 22.6 Å². The lowest BCUT2D eigenvalue weighted by atomic mass is 9.85. The van der Waals surface area contributed by atoms with Crippen molar-refractivity contribution in [1.82, 2.24) is 9.55 Å². The highest BCUT2D eigenvalue weighted by Crippen LogP contribution is 2.53. The van der Waals surface area contributed by atoms with Crippen LogP contribution in [0.15, 0.2) is 144 Å². The Morgan fingerprint density at radius 2 is 1.65 bits per heavy atom. The van der Waals surface area contributed by atoms with Crippen LogP contribution in [0.5, 0.6) is 0 Å². The Bertz CT molecular complexity index is 3040. The van der Waals surface area contributed by atoms with Gasteiger partial charge in [-0.2, -0.15) is 0 Å². The van der Waals surface area contributed by atoms with Gasteiger partial charge in [0, 0.05) is 51.9 Å². The molecule has 3 aliphatic carbocycles. The van der Waals surface area contributed by atoms with E-state index >= 15 is 0 Å². The number of anilines is 3. The van der Waals surface area contributed by atoms with E-state index in [1.807, 2.05) is 0 Å². The highest BCUT2D eigenvalue weighted by molar-refractivity contribution is 6.07. The first kappa shape index (κ1) is 38.5. The van der Waals surface area contributed by atoms with Crippen LogP contribution < -0.4 is 4.90 Å². The first-order valence-corrected chi connectivity index (χ1v) is 23.0. The van der Waals surface area contributed by atoms with Crippen LogP contribution in [0.4, 0.5) is 17.2 Å². The van der Waals surface area contributed by atoms with Gasteiger partial charge in [-0.3, -0.25) is 4.90 Å². The summed E-state index contributed by atoms with van der Waals surface area (Å²) < 4.78 is 9.80. The van der Waals surface area contributed by atoms with Gasteiger partial charge in [0.2, 0.25) is 0 Å². The Morgan fingerprint density at radius 1 is 0.823 bits per heavy atom. The molecular formula is C58H55N3O. The maximum Gasteiger partial charge on any atom is 0.159 e. The summed E-state index contributed by atoms with van der Waals surface area (Å²) >= 11 is 0. The molecule has 4 aliphatic rings. The van der Waals surface area contributed by atoms with Gasteiger partial charge in [0.15, 0.2) is 5.58 Å². The van der Waals surface area contributed by atoms with Crippen LogP contribution in [0.25, 0.3) is 56.3 Å². The average molecular weight is 810 g/mol. The molecule has 4 aromatic carbocycles. The summed E-state index contributed by atoms with van der Waals surface area (Å²) in [6.45, 7) is 9.21. The van der Waals surface area contributed by atoms with Crippen LogP contribution in [-0.2, 0) is 24.8 Å². The van der Waals surface area contributed by atoms with E-state index in [9.17, 15) is 0 Å². The van der Waals surface area contributed by atoms with Crippen LogP contribution in [0.2, 0.25) is 0 Å². The molecule has 0 spiro atoms. The molecule has 4 nitrogen and oxygen atoms in total. The number of aryl methyl sites for hydroxylation is 1. The fraction of sp³-hybridized carbons (Fsp3) is 0.259. The first-order valence-electron chi connectivity index (χ1n) is 23.0. The van der Waals surface area contributed by atoms with Crippen LogP contribution >= 0.6 is 0 Å². The van der Waals surface area contributed by atoms with Gasteiger partial charge in [0.1, 0.15) is 11.6 Å². The lowest BCUT2D eigenvalue weighted by Gasteiger charge is -2.35. The summed E-state index contributed by atoms with van der Waals surface area (Å²) in [4.78, 5) is 8.11. The number of aromatic nitrogens is 2. The Hall–Kier alpha value is -6.39. The van der Waals surface area contributed by atoms with Crippen molar-refractivity contribution in [2.45, 2.75) is 90.5 Å². The molecular weight excluding hydrogens is 755 g/mol. The smallest absolute Gasteiger partial charge is 0.159 e. The highest BCUT2D eigenvalue weighted by Gasteiger charge is 2.35. The molecule has 0 fully saturated rings. The van der Waals surface area contributed by atoms with E-state index in [2.05, 4.69) is 189 Å². The third kappa shape index (κ3) is 6.29. The molecule has 0 amide bonds. The van der Waals surface area contributed by atoms with Crippen LogP contribution in [0.3, 0.4) is 0 Å². The number of nitrogens with zero attached hydrogens (tertiary/aromatic N) is 3. The molecule has 0 radical (unpaired) electrons. The topological polar surface area (TPSA) is 34.2 Å². The molecule has 4 heterocycles. The lowest BCUT2D eigenvalue weighted by molar-refractivity contribution is 0.374. The minimum Gasteiger partial charge on any atom is -0.458 e. The Morgan fingerprint density at radius 3 is 2.50 bits per heavy atom. The minimum atomic E-state index is -0.110. The standard InChI is InChI=1S/C58H55N3O/c1-5-31-58(4,32-6-2)61-52-27-12-8-11-24-44(52)47-33-40(29-30-53(47)61)46-37-49-45-25-16-18-28-54(45)62-57(49)56-48(46)34-41-22-14-17-26-51(41)60(56)55-36-42(39-20-9-7-10-21-39)35-50(59-55)43-23-15-13-19-38(43)3/h5,7,9-11,13-17,19-26,29-31,33,35-38,43H,6,8,12,18,27-28,32,34H2,1-4H3/b31-5-. The third-order valence-electron chi connectivity index (χ3n) is 14.0. The zero-order valence-corrected chi connectivity index (χ0v) is 36.5. The number of furan rings is 1. The molecule has 1 aliphatic heterocycles. The van der Waals surface area contributed by atoms with Crippen LogP contribution in [-0.4, -0.2) is 9.55 Å². The van der Waals surface area contributed by atoms with E-state index in [1.165, 1.54) is 60.9 Å². The third-order valence-corrected chi connectivity index (χ3v) is 14.0. The average Bonchev–Trinajstić information content (AvgIpc) is 3.72. The second kappa shape index (κ2) is 15.5. The number of rotatable bonds is 8. The zero-order valence-electron chi connectivity index (χ0n) is 36.5.